The number of benzene rings is 1. The minimum atomic E-state index is -0.193. The maximum absolute atomic E-state index is 12.1. The van der Waals surface area contributed by atoms with Crippen LogP contribution in [0.4, 0.5) is 5.69 Å². The second-order valence-electron chi connectivity index (χ2n) is 5.49. The van der Waals surface area contributed by atoms with E-state index < -0.39 is 0 Å². The SMILES string of the molecule is CC(=O)N(C)c1ccc2c(c1)Cc1c-2[nH]c(=O)c2nccn12. The minimum absolute atomic E-state index is 0.0131. The Kier molecular flexibility index (Phi) is 2.51. The number of fused-ring (bicyclic) bond motifs is 5. The Balaban J connectivity index is 1.91. The molecule has 1 aromatic carbocycles. The standard InChI is InChI=1S/C16H14N4O2/c1-9(21)19(2)11-3-4-12-10(7-11)8-13-14(12)18-16(22)15-17-5-6-20(13)15/h3-7H,8H2,1-2H3,(H,18,22). The predicted octanol–water partition coefficient (Wildman–Crippen LogP) is 1.58. The van der Waals surface area contributed by atoms with Crippen molar-refractivity contribution in [1.29, 1.82) is 0 Å². The third kappa shape index (κ3) is 1.64. The maximum Gasteiger partial charge on any atom is 0.292 e. The Labute approximate surface area is 126 Å². The number of amides is 1. The van der Waals surface area contributed by atoms with Crippen molar-refractivity contribution in [2.24, 2.45) is 0 Å². The van der Waals surface area contributed by atoms with Gasteiger partial charge in [0.05, 0.1) is 11.4 Å². The molecular weight excluding hydrogens is 280 g/mol. The van der Waals surface area contributed by atoms with Gasteiger partial charge in [-0.05, 0) is 17.7 Å². The van der Waals surface area contributed by atoms with Gasteiger partial charge in [-0.1, -0.05) is 6.07 Å². The molecule has 2 heterocycles. The van der Waals surface area contributed by atoms with Gasteiger partial charge in [0.25, 0.3) is 5.56 Å². The molecular formula is C16H14N4O2. The van der Waals surface area contributed by atoms with E-state index in [9.17, 15) is 9.59 Å². The molecule has 0 bridgehead atoms. The molecule has 0 fully saturated rings. The molecule has 0 atom stereocenters. The zero-order chi connectivity index (χ0) is 15.4. The number of nitrogens with zero attached hydrogens (tertiary/aromatic N) is 3. The van der Waals surface area contributed by atoms with E-state index in [0.717, 1.165) is 28.2 Å². The van der Waals surface area contributed by atoms with Crippen molar-refractivity contribution in [2.75, 3.05) is 11.9 Å². The number of aromatic amines is 1. The number of hydrogen-bond acceptors (Lipinski definition) is 3. The van der Waals surface area contributed by atoms with Gasteiger partial charge in [-0.25, -0.2) is 4.98 Å². The third-order valence-corrected chi connectivity index (χ3v) is 4.24. The summed E-state index contributed by atoms with van der Waals surface area (Å²) in [5, 5.41) is 0. The van der Waals surface area contributed by atoms with Gasteiger partial charge in [-0.15, -0.1) is 0 Å². The Hall–Kier alpha value is -2.89. The van der Waals surface area contributed by atoms with Crippen molar-refractivity contribution in [2.45, 2.75) is 13.3 Å². The zero-order valence-corrected chi connectivity index (χ0v) is 12.3. The molecule has 0 saturated heterocycles. The molecule has 2 aromatic heterocycles. The summed E-state index contributed by atoms with van der Waals surface area (Å²) in [7, 11) is 1.75. The van der Waals surface area contributed by atoms with Crippen molar-refractivity contribution in [3.8, 4) is 11.3 Å². The van der Waals surface area contributed by atoms with Crippen LogP contribution < -0.4 is 10.5 Å². The molecule has 0 radical (unpaired) electrons. The molecule has 1 N–H and O–H groups in total. The van der Waals surface area contributed by atoms with Crippen LogP contribution in [0.25, 0.3) is 16.9 Å². The fourth-order valence-corrected chi connectivity index (χ4v) is 2.99. The van der Waals surface area contributed by atoms with Crippen molar-refractivity contribution in [1.82, 2.24) is 14.4 Å². The molecule has 0 unspecified atom stereocenters. The van der Waals surface area contributed by atoms with Crippen LogP contribution in [0.2, 0.25) is 0 Å². The van der Waals surface area contributed by atoms with E-state index in [-0.39, 0.29) is 11.5 Å². The molecule has 3 aromatic rings. The fraction of sp³-hybridized carbons (Fsp3) is 0.188. The van der Waals surface area contributed by atoms with E-state index in [1.165, 1.54) is 6.92 Å². The summed E-state index contributed by atoms with van der Waals surface area (Å²) >= 11 is 0. The van der Waals surface area contributed by atoms with Crippen LogP contribution >= 0.6 is 0 Å². The van der Waals surface area contributed by atoms with E-state index in [2.05, 4.69) is 9.97 Å². The highest BCUT2D eigenvalue weighted by molar-refractivity contribution is 5.91. The lowest BCUT2D eigenvalue weighted by molar-refractivity contribution is -0.116. The zero-order valence-electron chi connectivity index (χ0n) is 12.3. The molecule has 1 amide bonds. The van der Waals surface area contributed by atoms with Gasteiger partial charge in [-0.3, -0.25) is 14.0 Å². The number of carbonyl (C=O) groups is 1. The maximum atomic E-state index is 12.1. The first-order valence-electron chi connectivity index (χ1n) is 7.02. The number of imidazole rings is 1. The molecule has 6 nitrogen and oxygen atoms in total. The molecule has 0 saturated carbocycles. The lowest BCUT2D eigenvalue weighted by Crippen LogP contribution is -2.22. The predicted molar refractivity (Wildman–Crippen MR) is 83.1 cm³/mol. The lowest BCUT2D eigenvalue weighted by Gasteiger charge is -2.16. The first-order valence-corrected chi connectivity index (χ1v) is 7.02. The van der Waals surface area contributed by atoms with Gasteiger partial charge in [0.15, 0.2) is 0 Å². The highest BCUT2D eigenvalue weighted by Gasteiger charge is 2.24. The minimum Gasteiger partial charge on any atom is -0.317 e. The van der Waals surface area contributed by atoms with Gasteiger partial charge < -0.3 is 9.88 Å². The number of nitrogens with one attached hydrogen (secondary N) is 1. The van der Waals surface area contributed by atoms with Gasteiger partial charge in [-0.2, -0.15) is 0 Å². The van der Waals surface area contributed by atoms with Gasteiger partial charge in [0, 0.05) is 44.0 Å². The quantitative estimate of drug-likeness (QED) is 0.579. The van der Waals surface area contributed by atoms with Crippen molar-refractivity contribution in [3.05, 3.63) is 52.2 Å². The number of carbonyl (C=O) groups excluding carboxylic acids is 1. The second kappa shape index (κ2) is 4.30. The van der Waals surface area contributed by atoms with Crippen LogP contribution in [0.3, 0.4) is 0 Å². The lowest BCUT2D eigenvalue weighted by atomic mass is 10.1. The summed E-state index contributed by atoms with van der Waals surface area (Å²) < 4.78 is 1.84. The smallest absolute Gasteiger partial charge is 0.292 e. The van der Waals surface area contributed by atoms with Gasteiger partial charge >= 0.3 is 0 Å². The van der Waals surface area contributed by atoms with Crippen molar-refractivity contribution in [3.63, 3.8) is 0 Å². The highest BCUT2D eigenvalue weighted by Crippen LogP contribution is 2.36. The molecule has 110 valence electrons. The summed E-state index contributed by atoms with van der Waals surface area (Å²) in [6.07, 6.45) is 4.13. The van der Waals surface area contributed by atoms with Crippen molar-refractivity contribution < 1.29 is 4.79 Å². The van der Waals surface area contributed by atoms with Crippen LogP contribution in [-0.4, -0.2) is 27.3 Å². The third-order valence-electron chi connectivity index (χ3n) is 4.24. The molecule has 6 heteroatoms. The summed E-state index contributed by atoms with van der Waals surface area (Å²) in [4.78, 5) is 32.2. The van der Waals surface area contributed by atoms with Crippen LogP contribution in [0.15, 0.2) is 35.4 Å². The second-order valence-corrected chi connectivity index (χ2v) is 5.49. The molecule has 0 aliphatic heterocycles. The Morgan fingerprint density at radius 1 is 1.41 bits per heavy atom. The van der Waals surface area contributed by atoms with Crippen LogP contribution in [-0.2, 0) is 11.2 Å². The summed E-state index contributed by atoms with van der Waals surface area (Å²) in [5.74, 6) is -0.0131. The summed E-state index contributed by atoms with van der Waals surface area (Å²) in [6, 6.07) is 5.85. The number of aromatic nitrogens is 3. The van der Waals surface area contributed by atoms with Crippen LogP contribution in [0.1, 0.15) is 18.2 Å². The van der Waals surface area contributed by atoms with Crippen LogP contribution in [0.5, 0.6) is 0 Å². The van der Waals surface area contributed by atoms with Gasteiger partial charge in [0.1, 0.15) is 0 Å². The topological polar surface area (TPSA) is 70.5 Å². The molecule has 0 spiro atoms. The first-order chi connectivity index (χ1) is 10.6. The largest absolute Gasteiger partial charge is 0.317 e. The Morgan fingerprint density at radius 2 is 2.23 bits per heavy atom. The number of rotatable bonds is 1. The van der Waals surface area contributed by atoms with E-state index in [0.29, 0.717) is 12.1 Å². The molecule has 1 aliphatic rings. The van der Waals surface area contributed by atoms with Crippen LogP contribution in [0, 0.1) is 0 Å². The monoisotopic (exact) mass is 294 g/mol. The van der Waals surface area contributed by atoms with E-state index >= 15 is 0 Å². The van der Waals surface area contributed by atoms with E-state index in [1.54, 1.807) is 24.3 Å². The number of anilines is 1. The number of H-pyrrole nitrogens is 1. The Morgan fingerprint density at radius 3 is 3.00 bits per heavy atom. The average Bonchev–Trinajstić information content (AvgIpc) is 3.10. The molecule has 4 rings (SSSR count). The molecule has 1 aliphatic carbocycles. The summed E-state index contributed by atoms with van der Waals surface area (Å²) in [5.41, 5.74) is 5.02. The molecule has 22 heavy (non-hydrogen) atoms. The first kappa shape index (κ1) is 12.8. The van der Waals surface area contributed by atoms with Crippen molar-refractivity contribution >= 4 is 17.2 Å². The highest BCUT2D eigenvalue weighted by atomic mass is 16.2. The fourth-order valence-electron chi connectivity index (χ4n) is 2.99. The number of hydrogen-bond donors (Lipinski definition) is 1. The normalized spacial score (nSPS) is 12.3. The van der Waals surface area contributed by atoms with E-state index in [1.807, 2.05) is 22.6 Å². The van der Waals surface area contributed by atoms with Gasteiger partial charge in [0.2, 0.25) is 11.6 Å². The summed E-state index contributed by atoms with van der Waals surface area (Å²) in [6.45, 7) is 1.54. The van der Waals surface area contributed by atoms with E-state index in [4.69, 9.17) is 0 Å². The Bertz CT molecular complexity index is 983. The average molecular weight is 294 g/mol.